The van der Waals surface area contributed by atoms with Gasteiger partial charge in [0.15, 0.2) is 0 Å². The summed E-state index contributed by atoms with van der Waals surface area (Å²) in [5.41, 5.74) is 0.347. The lowest BCUT2D eigenvalue weighted by Gasteiger charge is -2.37. The van der Waals surface area contributed by atoms with E-state index in [9.17, 15) is 9.59 Å². The summed E-state index contributed by atoms with van der Waals surface area (Å²) in [7, 11) is 3.22. The van der Waals surface area contributed by atoms with E-state index in [1.165, 1.54) is 0 Å². The summed E-state index contributed by atoms with van der Waals surface area (Å²) in [6.45, 7) is 1.04. The van der Waals surface area contributed by atoms with Crippen molar-refractivity contribution >= 4 is 11.8 Å². The number of carbonyl (C=O) groups is 2. The number of rotatable bonds is 6. The largest absolute Gasteiger partial charge is 0.382 e. The number of nitrogens with one attached hydrogen (secondary N) is 1. The highest BCUT2D eigenvalue weighted by Gasteiger charge is 2.44. The van der Waals surface area contributed by atoms with Gasteiger partial charge >= 0.3 is 0 Å². The number of hydrogen-bond acceptors (Lipinski definition) is 4. The lowest BCUT2D eigenvalue weighted by molar-refractivity contribution is -0.139. The number of hydrogen-bond donors (Lipinski definition) is 1. The number of ether oxygens (including phenoxy) is 1. The van der Waals surface area contributed by atoms with Crippen molar-refractivity contribution in [3.63, 3.8) is 0 Å². The summed E-state index contributed by atoms with van der Waals surface area (Å²) >= 11 is 0. The molecule has 0 radical (unpaired) electrons. The van der Waals surface area contributed by atoms with Gasteiger partial charge < -0.3 is 15.0 Å². The van der Waals surface area contributed by atoms with Gasteiger partial charge in [-0.15, -0.1) is 0 Å². The Hall–Kier alpha value is -1.95. The van der Waals surface area contributed by atoms with Crippen LogP contribution in [0.5, 0.6) is 0 Å². The summed E-state index contributed by atoms with van der Waals surface area (Å²) in [5.74, 6) is -0.0513. The molecule has 0 bridgehead atoms. The van der Waals surface area contributed by atoms with E-state index in [0.29, 0.717) is 19.6 Å². The molecule has 1 N–H and O–H groups in total. The standard InChI is InChI=1S/C16H23N3O3/c1-17-14(20)10-16(12-22-2)6-4-8-19(16)15(21)9-13-5-3-7-18-11-13/h3,5,7,11H,4,6,8-10,12H2,1-2H3,(H,17,20). The predicted molar refractivity (Wildman–Crippen MR) is 82.2 cm³/mol. The van der Waals surface area contributed by atoms with E-state index in [-0.39, 0.29) is 18.2 Å². The van der Waals surface area contributed by atoms with Crippen LogP contribution in [0.4, 0.5) is 0 Å². The predicted octanol–water partition coefficient (Wildman–Crippen LogP) is 0.768. The zero-order chi connectivity index (χ0) is 16.0. The molecule has 1 aliphatic rings. The number of amides is 2. The minimum atomic E-state index is -0.534. The molecule has 22 heavy (non-hydrogen) atoms. The maximum absolute atomic E-state index is 12.7. The minimum Gasteiger partial charge on any atom is -0.382 e. The van der Waals surface area contributed by atoms with Crippen molar-refractivity contribution in [3.05, 3.63) is 30.1 Å². The summed E-state index contributed by atoms with van der Waals surface area (Å²) in [6, 6.07) is 3.71. The highest BCUT2D eigenvalue weighted by molar-refractivity contribution is 5.82. The molecule has 2 amide bonds. The molecule has 2 heterocycles. The van der Waals surface area contributed by atoms with Crippen LogP contribution in [0.3, 0.4) is 0 Å². The Labute approximate surface area is 130 Å². The summed E-state index contributed by atoms with van der Waals surface area (Å²) in [4.78, 5) is 30.4. The first-order valence-corrected chi connectivity index (χ1v) is 7.50. The molecule has 120 valence electrons. The van der Waals surface area contributed by atoms with Crippen molar-refractivity contribution in [2.75, 3.05) is 27.3 Å². The van der Waals surface area contributed by atoms with Crippen LogP contribution in [-0.2, 0) is 20.7 Å². The fourth-order valence-corrected chi connectivity index (χ4v) is 3.14. The van der Waals surface area contributed by atoms with Crippen LogP contribution in [0.2, 0.25) is 0 Å². The molecule has 0 spiro atoms. The van der Waals surface area contributed by atoms with Crippen molar-refractivity contribution in [2.24, 2.45) is 0 Å². The number of likely N-dealkylation sites (tertiary alicyclic amines) is 1. The Kier molecular flexibility index (Phi) is 5.49. The van der Waals surface area contributed by atoms with E-state index in [4.69, 9.17) is 4.74 Å². The molecule has 1 aromatic heterocycles. The van der Waals surface area contributed by atoms with Crippen molar-refractivity contribution in [1.82, 2.24) is 15.2 Å². The second-order valence-corrected chi connectivity index (χ2v) is 5.69. The molecule has 1 fully saturated rings. The zero-order valence-corrected chi connectivity index (χ0v) is 13.2. The monoisotopic (exact) mass is 305 g/mol. The van der Waals surface area contributed by atoms with Crippen LogP contribution in [0.15, 0.2) is 24.5 Å². The molecule has 0 aromatic carbocycles. The van der Waals surface area contributed by atoms with Crippen molar-refractivity contribution in [3.8, 4) is 0 Å². The maximum Gasteiger partial charge on any atom is 0.227 e. The quantitative estimate of drug-likeness (QED) is 0.842. The molecule has 1 atom stereocenters. The van der Waals surface area contributed by atoms with Gasteiger partial charge in [0.05, 0.1) is 25.0 Å². The van der Waals surface area contributed by atoms with Crippen molar-refractivity contribution < 1.29 is 14.3 Å². The van der Waals surface area contributed by atoms with Gasteiger partial charge in [-0.1, -0.05) is 6.07 Å². The maximum atomic E-state index is 12.7. The van der Waals surface area contributed by atoms with Gasteiger partial charge in [0.1, 0.15) is 0 Å². The van der Waals surface area contributed by atoms with Crippen LogP contribution < -0.4 is 5.32 Å². The summed E-state index contributed by atoms with van der Waals surface area (Å²) in [6.07, 6.45) is 5.63. The van der Waals surface area contributed by atoms with E-state index >= 15 is 0 Å². The topological polar surface area (TPSA) is 71.5 Å². The molecular formula is C16H23N3O3. The molecule has 0 saturated carbocycles. The second kappa shape index (κ2) is 7.35. The SMILES string of the molecule is CNC(=O)CC1(COC)CCCN1C(=O)Cc1cccnc1. The van der Waals surface area contributed by atoms with Crippen molar-refractivity contribution in [2.45, 2.75) is 31.2 Å². The third-order valence-corrected chi connectivity index (χ3v) is 4.16. The molecule has 1 unspecified atom stereocenters. The van der Waals surface area contributed by atoms with E-state index < -0.39 is 5.54 Å². The second-order valence-electron chi connectivity index (χ2n) is 5.69. The Morgan fingerprint density at radius 1 is 1.50 bits per heavy atom. The third-order valence-electron chi connectivity index (χ3n) is 4.16. The van der Waals surface area contributed by atoms with Gasteiger partial charge in [0.2, 0.25) is 11.8 Å². The van der Waals surface area contributed by atoms with Crippen LogP contribution >= 0.6 is 0 Å². The highest BCUT2D eigenvalue weighted by atomic mass is 16.5. The lowest BCUT2D eigenvalue weighted by Crippen LogP contribution is -2.53. The normalized spacial score (nSPS) is 20.9. The van der Waals surface area contributed by atoms with E-state index in [1.54, 1.807) is 26.6 Å². The first-order valence-electron chi connectivity index (χ1n) is 7.50. The molecule has 6 heteroatoms. The smallest absolute Gasteiger partial charge is 0.227 e. The fraction of sp³-hybridized carbons (Fsp3) is 0.562. The van der Waals surface area contributed by atoms with Gasteiger partial charge in [0.25, 0.3) is 0 Å². The van der Waals surface area contributed by atoms with Crippen molar-refractivity contribution in [1.29, 1.82) is 0 Å². The van der Waals surface area contributed by atoms with Gasteiger partial charge in [0, 0.05) is 33.1 Å². The number of carbonyl (C=O) groups excluding carboxylic acids is 2. The first-order chi connectivity index (χ1) is 10.6. The molecule has 1 aromatic rings. The molecular weight excluding hydrogens is 282 g/mol. The minimum absolute atomic E-state index is 0.0199. The highest BCUT2D eigenvalue weighted by Crippen LogP contribution is 2.33. The summed E-state index contributed by atoms with van der Waals surface area (Å²) < 4.78 is 5.32. The molecule has 1 aliphatic heterocycles. The van der Waals surface area contributed by atoms with Crippen LogP contribution in [0.25, 0.3) is 0 Å². The summed E-state index contributed by atoms with van der Waals surface area (Å²) in [5, 5.41) is 2.64. The van der Waals surface area contributed by atoms with E-state index in [0.717, 1.165) is 18.4 Å². The molecule has 1 saturated heterocycles. The van der Waals surface area contributed by atoms with E-state index in [2.05, 4.69) is 10.3 Å². The average Bonchev–Trinajstić information content (AvgIpc) is 2.92. The molecule has 2 rings (SSSR count). The Balaban J connectivity index is 2.15. The van der Waals surface area contributed by atoms with Gasteiger partial charge in [-0.25, -0.2) is 0 Å². The van der Waals surface area contributed by atoms with Crippen LogP contribution in [-0.4, -0.2) is 54.5 Å². The van der Waals surface area contributed by atoms with E-state index in [1.807, 2.05) is 17.0 Å². The molecule has 0 aliphatic carbocycles. The Morgan fingerprint density at radius 2 is 2.32 bits per heavy atom. The Bertz CT molecular complexity index is 521. The average molecular weight is 305 g/mol. The van der Waals surface area contributed by atoms with Gasteiger partial charge in [-0.3, -0.25) is 14.6 Å². The van der Waals surface area contributed by atoms with Gasteiger partial charge in [-0.05, 0) is 24.5 Å². The van der Waals surface area contributed by atoms with Crippen LogP contribution in [0, 0.1) is 0 Å². The number of pyridine rings is 1. The number of methoxy groups -OCH3 is 1. The number of nitrogens with zero attached hydrogens (tertiary/aromatic N) is 2. The Morgan fingerprint density at radius 3 is 2.95 bits per heavy atom. The third kappa shape index (κ3) is 3.62. The van der Waals surface area contributed by atoms with Crippen LogP contribution in [0.1, 0.15) is 24.8 Å². The zero-order valence-electron chi connectivity index (χ0n) is 13.2. The lowest BCUT2D eigenvalue weighted by atomic mass is 9.91. The molecule has 6 nitrogen and oxygen atoms in total. The fourth-order valence-electron chi connectivity index (χ4n) is 3.14. The van der Waals surface area contributed by atoms with Gasteiger partial charge in [-0.2, -0.15) is 0 Å². The number of aromatic nitrogens is 1. The first kappa shape index (κ1) is 16.4.